The lowest BCUT2D eigenvalue weighted by Crippen LogP contribution is -2.25. The number of rotatable bonds is 3. The molecular formula is C17H17NO3. The molecule has 1 atom stereocenters. The Labute approximate surface area is 123 Å². The van der Waals surface area contributed by atoms with Gasteiger partial charge in [-0.15, -0.1) is 0 Å². The molecule has 108 valence electrons. The Balaban J connectivity index is 1.78. The van der Waals surface area contributed by atoms with Crippen LogP contribution in [0.4, 0.5) is 5.69 Å². The van der Waals surface area contributed by atoms with E-state index >= 15 is 0 Å². The minimum absolute atomic E-state index is 0.0399. The first-order chi connectivity index (χ1) is 10.1. The summed E-state index contributed by atoms with van der Waals surface area (Å²) in [6.45, 7) is 2.07. The number of anilines is 1. The van der Waals surface area contributed by atoms with E-state index in [1.165, 1.54) is 5.56 Å². The Morgan fingerprint density at radius 1 is 1.24 bits per heavy atom. The van der Waals surface area contributed by atoms with Crippen molar-refractivity contribution in [2.45, 2.75) is 19.4 Å². The fourth-order valence-electron chi connectivity index (χ4n) is 2.37. The van der Waals surface area contributed by atoms with Crippen LogP contribution in [0.5, 0.6) is 5.75 Å². The predicted molar refractivity (Wildman–Crippen MR) is 80.4 cm³/mol. The van der Waals surface area contributed by atoms with Crippen LogP contribution in [0.3, 0.4) is 0 Å². The van der Waals surface area contributed by atoms with E-state index < -0.39 is 6.10 Å². The summed E-state index contributed by atoms with van der Waals surface area (Å²) in [7, 11) is 0. The van der Waals surface area contributed by atoms with E-state index in [1.807, 2.05) is 37.3 Å². The number of fused-ring (bicyclic) bond motifs is 1. The summed E-state index contributed by atoms with van der Waals surface area (Å²) < 4.78 is 5.31. The van der Waals surface area contributed by atoms with Gasteiger partial charge in [-0.25, -0.2) is 0 Å². The van der Waals surface area contributed by atoms with Crippen molar-refractivity contribution in [2.75, 3.05) is 11.9 Å². The van der Waals surface area contributed by atoms with Gasteiger partial charge in [-0.05, 0) is 30.2 Å². The number of hydrogen-bond acceptors (Lipinski definition) is 3. The molecule has 0 spiro atoms. The van der Waals surface area contributed by atoms with Gasteiger partial charge in [-0.3, -0.25) is 4.79 Å². The van der Waals surface area contributed by atoms with Crippen molar-refractivity contribution in [3.05, 3.63) is 59.2 Å². The number of hydrogen-bond donors (Lipinski definition) is 2. The molecule has 1 unspecified atom stereocenters. The van der Waals surface area contributed by atoms with Crippen molar-refractivity contribution in [1.29, 1.82) is 0 Å². The summed E-state index contributed by atoms with van der Waals surface area (Å²) in [5, 5.41) is 13.1. The highest BCUT2D eigenvalue weighted by atomic mass is 16.5. The number of nitrogens with one attached hydrogen (secondary N) is 1. The number of carbonyl (C=O) groups excluding carboxylic acids is 1. The van der Waals surface area contributed by atoms with Crippen LogP contribution >= 0.6 is 0 Å². The summed E-state index contributed by atoms with van der Waals surface area (Å²) >= 11 is 0. The van der Waals surface area contributed by atoms with Gasteiger partial charge in [0.2, 0.25) is 0 Å². The molecule has 0 aliphatic carbocycles. The number of amides is 1. The number of aliphatic hydroxyl groups excluding tert-OH is 1. The number of ether oxygens (including phenoxy) is 1. The van der Waals surface area contributed by atoms with Gasteiger partial charge in [0.1, 0.15) is 5.75 Å². The van der Waals surface area contributed by atoms with Gasteiger partial charge in [0, 0.05) is 6.42 Å². The third-order valence-corrected chi connectivity index (χ3v) is 3.57. The molecule has 2 N–H and O–H groups in total. The lowest BCUT2D eigenvalue weighted by atomic mass is 10.00. The molecule has 1 amide bonds. The monoisotopic (exact) mass is 283 g/mol. The zero-order valence-corrected chi connectivity index (χ0v) is 11.8. The van der Waals surface area contributed by atoms with Crippen LogP contribution in [0.1, 0.15) is 22.8 Å². The average Bonchev–Trinajstić information content (AvgIpc) is 2.48. The van der Waals surface area contributed by atoms with Crippen LogP contribution in [0.15, 0.2) is 42.5 Å². The average molecular weight is 283 g/mol. The van der Waals surface area contributed by atoms with Gasteiger partial charge in [0.25, 0.3) is 5.91 Å². The van der Waals surface area contributed by atoms with E-state index in [0.29, 0.717) is 17.9 Å². The minimum Gasteiger partial charge on any atom is -0.482 e. The van der Waals surface area contributed by atoms with Crippen LogP contribution in [0, 0.1) is 6.92 Å². The maximum absolute atomic E-state index is 11.3. The highest BCUT2D eigenvalue weighted by Gasteiger charge is 2.18. The second kappa shape index (κ2) is 5.58. The van der Waals surface area contributed by atoms with E-state index in [2.05, 4.69) is 5.32 Å². The Bertz CT molecular complexity index is 664. The summed E-state index contributed by atoms with van der Waals surface area (Å²) in [5.41, 5.74) is 3.65. The lowest BCUT2D eigenvalue weighted by molar-refractivity contribution is -0.118. The van der Waals surface area contributed by atoms with Gasteiger partial charge in [-0.2, -0.15) is 0 Å². The van der Waals surface area contributed by atoms with Crippen molar-refractivity contribution in [3.8, 4) is 5.75 Å². The predicted octanol–water partition coefficient (Wildman–Crippen LogP) is 2.60. The standard InChI is InChI=1S/C17H17NO3/c1-11-2-4-12(5-3-11)8-15(19)13-6-7-16-14(9-13)18-17(20)10-21-16/h2-7,9,15,19H,8,10H2,1H3,(H,18,20). The minimum atomic E-state index is -0.614. The highest BCUT2D eigenvalue weighted by Crippen LogP contribution is 2.31. The molecule has 0 saturated heterocycles. The van der Waals surface area contributed by atoms with E-state index in [9.17, 15) is 9.90 Å². The van der Waals surface area contributed by atoms with Crippen molar-refractivity contribution in [1.82, 2.24) is 0 Å². The van der Waals surface area contributed by atoms with Crippen LogP contribution in [0.2, 0.25) is 0 Å². The quantitative estimate of drug-likeness (QED) is 0.910. The summed E-state index contributed by atoms with van der Waals surface area (Å²) in [5.74, 6) is 0.466. The summed E-state index contributed by atoms with van der Waals surface area (Å²) in [4.78, 5) is 11.3. The molecule has 21 heavy (non-hydrogen) atoms. The van der Waals surface area contributed by atoms with Crippen LogP contribution in [-0.2, 0) is 11.2 Å². The van der Waals surface area contributed by atoms with Crippen molar-refractivity contribution >= 4 is 11.6 Å². The largest absolute Gasteiger partial charge is 0.482 e. The molecule has 1 aliphatic heterocycles. The molecule has 4 heteroatoms. The SMILES string of the molecule is Cc1ccc(CC(O)c2ccc3c(c2)NC(=O)CO3)cc1. The first kappa shape index (κ1) is 13.6. The van der Waals surface area contributed by atoms with E-state index in [4.69, 9.17) is 4.74 Å². The number of carbonyl (C=O) groups is 1. The van der Waals surface area contributed by atoms with Gasteiger partial charge < -0.3 is 15.2 Å². The molecule has 0 radical (unpaired) electrons. The Morgan fingerprint density at radius 3 is 2.76 bits per heavy atom. The van der Waals surface area contributed by atoms with Crippen LogP contribution in [0.25, 0.3) is 0 Å². The lowest BCUT2D eigenvalue weighted by Gasteiger charge is -2.20. The number of aryl methyl sites for hydroxylation is 1. The molecule has 0 bridgehead atoms. The topological polar surface area (TPSA) is 58.6 Å². The van der Waals surface area contributed by atoms with E-state index in [0.717, 1.165) is 11.1 Å². The Kier molecular flexibility index (Phi) is 3.62. The molecule has 2 aromatic rings. The van der Waals surface area contributed by atoms with Gasteiger partial charge in [0.05, 0.1) is 11.8 Å². The maximum Gasteiger partial charge on any atom is 0.262 e. The van der Waals surface area contributed by atoms with Gasteiger partial charge >= 0.3 is 0 Å². The second-order valence-corrected chi connectivity index (χ2v) is 5.30. The maximum atomic E-state index is 11.3. The summed E-state index contributed by atoms with van der Waals surface area (Å²) in [6.07, 6.45) is -0.0785. The van der Waals surface area contributed by atoms with Crippen molar-refractivity contribution in [2.24, 2.45) is 0 Å². The molecule has 0 fully saturated rings. The first-order valence-corrected chi connectivity index (χ1v) is 6.92. The smallest absolute Gasteiger partial charge is 0.262 e. The van der Waals surface area contributed by atoms with Crippen molar-refractivity contribution in [3.63, 3.8) is 0 Å². The zero-order chi connectivity index (χ0) is 14.8. The van der Waals surface area contributed by atoms with E-state index in [-0.39, 0.29) is 12.5 Å². The third-order valence-electron chi connectivity index (χ3n) is 3.57. The molecule has 4 nitrogen and oxygen atoms in total. The summed E-state index contributed by atoms with van der Waals surface area (Å²) in [6, 6.07) is 13.5. The molecule has 0 saturated carbocycles. The van der Waals surface area contributed by atoms with Crippen molar-refractivity contribution < 1.29 is 14.6 Å². The first-order valence-electron chi connectivity index (χ1n) is 6.92. The molecule has 3 rings (SSSR count). The Hall–Kier alpha value is -2.33. The Morgan fingerprint density at radius 2 is 2.00 bits per heavy atom. The molecule has 0 aromatic heterocycles. The molecule has 1 aliphatic rings. The highest BCUT2D eigenvalue weighted by molar-refractivity contribution is 5.95. The van der Waals surface area contributed by atoms with E-state index in [1.54, 1.807) is 12.1 Å². The van der Waals surface area contributed by atoms with Crippen LogP contribution < -0.4 is 10.1 Å². The number of benzene rings is 2. The van der Waals surface area contributed by atoms with Crippen LogP contribution in [-0.4, -0.2) is 17.6 Å². The zero-order valence-electron chi connectivity index (χ0n) is 11.8. The number of aliphatic hydroxyl groups is 1. The molecule has 1 heterocycles. The fourth-order valence-corrected chi connectivity index (χ4v) is 2.37. The molecular weight excluding hydrogens is 266 g/mol. The fraction of sp³-hybridized carbons (Fsp3) is 0.235. The molecule has 2 aromatic carbocycles. The van der Waals surface area contributed by atoms with Gasteiger partial charge in [-0.1, -0.05) is 35.9 Å². The van der Waals surface area contributed by atoms with Gasteiger partial charge in [0.15, 0.2) is 6.61 Å². The third kappa shape index (κ3) is 3.06. The second-order valence-electron chi connectivity index (χ2n) is 5.30. The normalized spacial score (nSPS) is 14.9.